The molecule has 0 aliphatic heterocycles. The maximum Gasteiger partial charge on any atom is 0.0467 e. The largest absolute Gasteiger partial charge is 0.374 e. The molecule has 2 aliphatic carbocycles. The Hall–Kier alpha value is -0.210. The van der Waals surface area contributed by atoms with E-state index in [0.29, 0.717) is 0 Å². The zero-order valence-corrected chi connectivity index (χ0v) is 13.8. The van der Waals surface area contributed by atoms with Gasteiger partial charge in [0.1, 0.15) is 0 Å². The molecule has 2 bridgehead atoms. The van der Waals surface area contributed by atoms with Crippen molar-refractivity contribution in [1.82, 2.24) is 0 Å². The molecule has 0 saturated heterocycles. The zero-order valence-electron chi connectivity index (χ0n) is 11.4. The molecule has 1 aromatic rings. The van der Waals surface area contributed by atoms with Gasteiger partial charge >= 0.3 is 0 Å². The quantitative estimate of drug-likeness (QED) is 0.687. The molecule has 19 heavy (non-hydrogen) atoms. The summed E-state index contributed by atoms with van der Waals surface area (Å²) in [5, 5.41) is 1.69. The van der Waals surface area contributed by atoms with E-state index in [2.05, 4.69) is 40.0 Å². The maximum absolute atomic E-state index is 6.30. The number of rotatable bonds is 4. The summed E-state index contributed by atoms with van der Waals surface area (Å²) >= 11 is 9.86. The molecular weight excluding hydrogens is 322 g/mol. The van der Waals surface area contributed by atoms with Crippen molar-refractivity contribution < 1.29 is 0 Å². The zero-order chi connectivity index (χ0) is 13.4. The third-order valence-electron chi connectivity index (χ3n) is 5.03. The lowest BCUT2D eigenvalue weighted by molar-refractivity contribution is 0.337. The van der Waals surface area contributed by atoms with E-state index in [0.717, 1.165) is 28.1 Å². The Morgan fingerprint density at radius 3 is 2.79 bits per heavy atom. The third-order valence-corrected chi connectivity index (χ3v) is 5.95. The second-order valence-electron chi connectivity index (χ2n) is 6.19. The lowest BCUT2D eigenvalue weighted by Crippen LogP contribution is -2.29. The van der Waals surface area contributed by atoms with Gasteiger partial charge in [0.15, 0.2) is 0 Å². The number of fused-ring (bicyclic) bond motifs is 2. The van der Waals surface area contributed by atoms with Crippen molar-refractivity contribution in [2.75, 3.05) is 18.5 Å². The molecule has 0 radical (unpaired) electrons. The molecule has 2 aliphatic rings. The standard InChI is InChI=1S/C16H21BrClN/c1-19(10-13-8-11-5-6-12(13)7-11)16-4-2-3-15(18)14(16)9-17/h2-4,11-13H,5-10H2,1H3. The number of anilines is 1. The van der Waals surface area contributed by atoms with Crippen LogP contribution >= 0.6 is 27.5 Å². The Balaban J connectivity index is 1.73. The van der Waals surface area contributed by atoms with Gasteiger partial charge in [-0.25, -0.2) is 0 Å². The van der Waals surface area contributed by atoms with Crippen molar-refractivity contribution in [2.24, 2.45) is 17.8 Å². The van der Waals surface area contributed by atoms with Gasteiger partial charge in [-0.05, 0) is 49.1 Å². The van der Waals surface area contributed by atoms with Crippen LogP contribution in [0.2, 0.25) is 5.02 Å². The van der Waals surface area contributed by atoms with Crippen LogP contribution in [0.5, 0.6) is 0 Å². The normalized spacial score (nSPS) is 28.9. The fourth-order valence-electron chi connectivity index (χ4n) is 4.09. The van der Waals surface area contributed by atoms with Crippen molar-refractivity contribution in [2.45, 2.75) is 31.0 Å². The van der Waals surface area contributed by atoms with E-state index >= 15 is 0 Å². The Kier molecular flexibility index (Phi) is 4.09. The van der Waals surface area contributed by atoms with Crippen molar-refractivity contribution in [1.29, 1.82) is 0 Å². The van der Waals surface area contributed by atoms with E-state index in [4.69, 9.17) is 11.6 Å². The number of alkyl halides is 1. The topological polar surface area (TPSA) is 3.24 Å². The van der Waals surface area contributed by atoms with E-state index in [1.807, 2.05) is 6.07 Å². The van der Waals surface area contributed by atoms with Gasteiger partial charge in [0.25, 0.3) is 0 Å². The highest BCUT2D eigenvalue weighted by Crippen LogP contribution is 2.48. The van der Waals surface area contributed by atoms with Crippen LogP contribution in [0.1, 0.15) is 31.2 Å². The van der Waals surface area contributed by atoms with E-state index in [-0.39, 0.29) is 0 Å². The number of halogens is 2. The Morgan fingerprint density at radius 2 is 2.16 bits per heavy atom. The summed E-state index contributed by atoms with van der Waals surface area (Å²) in [6, 6.07) is 6.23. The molecule has 1 nitrogen and oxygen atoms in total. The summed E-state index contributed by atoms with van der Waals surface area (Å²) in [6.45, 7) is 1.18. The van der Waals surface area contributed by atoms with Crippen LogP contribution in [-0.4, -0.2) is 13.6 Å². The molecule has 104 valence electrons. The molecule has 0 aromatic heterocycles. The summed E-state index contributed by atoms with van der Waals surface area (Å²) in [7, 11) is 2.21. The number of hydrogen-bond donors (Lipinski definition) is 0. The average Bonchev–Trinajstić information content (AvgIpc) is 3.00. The van der Waals surface area contributed by atoms with Gasteiger partial charge in [-0.15, -0.1) is 0 Å². The molecule has 0 spiro atoms. The lowest BCUT2D eigenvalue weighted by atomic mass is 9.88. The Bertz CT molecular complexity index is 462. The predicted molar refractivity (Wildman–Crippen MR) is 86.3 cm³/mol. The smallest absolute Gasteiger partial charge is 0.0467 e. The minimum absolute atomic E-state index is 0.822. The van der Waals surface area contributed by atoms with E-state index in [1.54, 1.807) is 0 Å². The minimum atomic E-state index is 0.822. The van der Waals surface area contributed by atoms with Crippen LogP contribution in [0.25, 0.3) is 0 Å². The second kappa shape index (κ2) is 5.65. The molecular formula is C16H21BrClN. The molecule has 3 rings (SSSR count). The fraction of sp³-hybridized carbons (Fsp3) is 0.625. The molecule has 3 unspecified atom stereocenters. The van der Waals surface area contributed by atoms with Crippen LogP contribution < -0.4 is 4.90 Å². The van der Waals surface area contributed by atoms with Crippen LogP contribution in [0.15, 0.2) is 18.2 Å². The molecule has 1 aromatic carbocycles. The second-order valence-corrected chi connectivity index (χ2v) is 7.15. The van der Waals surface area contributed by atoms with Crippen molar-refractivity contribution >= 4 is 33.2 Å². The minimum Gasteiger partial charge on any atom is -0.374 e. The van der Waals surface area contributed by atoms with Crippen LogP contribution in [0.4, 0.5) is 5.69 Å². The number of benzene rings is 1. The van der Waals surface area contributed by atoms with Gasteiger partial charge in [-0.2, -0.15) is 0 Å². The van der Waals surface area contributed by atoms with Gasteiger partial charge in [0, 0.05) is 35.2 Å². The monoisotopic (exact) mass is 341 g/mol. The Morgan fingerprint density at radius 1 is 1.32 bits per heavy atom. The maximum atomic E-state index is 6.30. The highest BCUT2D eigenvalue weighted by atomic mass is 79.9. The fourth-order valence-corrected chi connectivity index (χ4v) is 5.07. The molecule has 2 saturated carbocycles. The number of nitrogens with zero attached hydrogens (tertiary/aromatic N) is 1. The van der Waals surface area contributed by atoms with E-state index in [1.165, 1.54) is 43.5 Å². The van der Waals surface area contributed by atoms with E-state index < -0.39 is 0 Å². The van der Waals surface area contributed by atoms with Crippen molar-refractivity contribution in [3.63, 3.8) is 0 Å². The number of hydrogen-bond acceptors (Lipinski definition) is 1. The van der Waals surface area contributed by atoms with Gasteiger partial charge in [0.05, 0.1) is 0 Å². The molecule has 0 N–H and O–H groups in total. The third kappa shape index (κ3) is 2.67. The van der Waals surface area contributed by atoms with Crippen molar-refractivity contribution in [3.05, 3.63) is 28.8 Å². The molecule has 3 atom stereocenters. The van der Waals surface area contributed by atoms with Crippen LogP contribution in [0.3, 0.4) is 0 Å². The molecule has 3 heteroatoms. The lowest BCUT2D eigenvalue weighted by Gasteiger charge is -2.30. The highest BCUT2D eigenvalue weighted by Gasteiger charge is 2.39. The Labute approximate surface area is 129 Å². The SMILES string of the molecule is CN(CC1CC2CCC1C2)c1cccc(Cl)c1CBr. The van der Waals surface area contributed by atoms with Gasteiger partial charge in [-0.1, -0.05) is 40.0 Å². The van der Waals surface area contributed by atoms with Gasteiger partial charge < -0.3 is 4.90 Å². The van der Waals surface area contributed by atoms with Gasteiger partial charge in [0.2, 0.25) is 0 Å². The first-order valence-corrected chi connectivity index (χ1v) is 8.73. The van der Waals surface area contributed by atoms with E-state index in [9.17, 15) is 0 Å². The van der Waals surface area contributed by atoms with Crippen molar-refractivity contribution in [3.8, 4) is 0 Å². The average molecular weight is 343 g/mol. The van der Waals surface area contributed by atoms with Crippen LogP contribution in [0, 0.1) is 17.8 Å². The first-order chi connectivity index (χ1) is 9.19. The van der Waals surface area contributed by atoms with Crippen LogP contribution in [-0.2, 0) is 5.33 Å². The summed E-state index contributed by atoms with van der Waals surface area (Å²) < 4.78 is 0. The first-order valence-electron chi connectivity index (χ1n) is 7.23. The van der Waals surface area contributed by atoms with Gasteiger partial charge in [-0.3, -0.25) is 0 Å². The molecule has 0 heterocycles. The predicted octanol–water partition coefficient (Wildman–Crippen LogP) is 5.11. The summed E-state index contributed by atoms with van der Waals surface area (Å²) in [6.07, 6.45) is 5.87. The summed E-state index contributed by atoms with van der Waals surface area (Å²) in [5.41, 5.74) is 2.50. The summed E-state index contributed by atoms with van der Waals surface area (Å²) in [4.78, 5) is 2.41. The molecule has 0 amide bonds. The summed E-state index contributed by atoms with van der Waals surface area (Å²) in [5.74, 6) is 2.91. The first kappa shape index (κ1) is 13.8. The molecule has 2 fully saturated rings. The highest BCUT2D eigenvalue weighted by molar-refractivity contribution is 9.08.